The summed E-state index contributed by atoms with van der Waals surface area (Å²) in [6, 6.07) is 48.4. The zero-order chi connectivity index (χ0) is 24.1. The van der Waals surface area contributed by atoms with Gasteiger partial charge in [0.2, 0.25) is 0 Å². The van der Waals surface area contributed by atoms with Crippen molar-refractivity contribution in [2.24, 2.45) is 0 Å². The lowest BCUT2D eigenvalue weighted by Gasteiger charge is -2.13. The van der Waals surface area contributed by atoms with Crippen LogP contribution in [0.15, 0.2) is 133 Å². The second-order valence-corrected chi connectivity index (χ2v) is 9.49. The molecule has 1 heteroatoms. The van der Waals surface area contributed by atoms with Crippen molar-refractivity contribution in [1.29, 1.82) is 0 Å². The third kappa shape index (κ3) is 3.25. The van der Waals surface area contributed by atoms with Gasteiger partial charge in [0.05, 0.1) is 11.0 Å². The first kappa shape index (κ1) is 20.7. The highest BCUT2D eigenvalue weighted by molar-refractivity contribution is 6.12. The third-order valence-electron chi connectivity index (χ3n) is 7.28. The molecule has 0 fully saturated rings. The minimum absolute atomic E-state index is 1.18. The monoisotopic (exact) mass is 459 g/mol. The van der Waals surface area contributed by atoms with Gasteiger partial charge < -0.3 is 4.57 Å². The average molecular weight is 460 g/mol. The molecule has 0 bridgehead atoms. The summed E-state index contributed by atoms with van der Waals surface area (Å²) in [5.41, 5.74) is 9.96. The lowest BCUT2D eigenvalue weighted by Crippen LogP contribution is -1.93. The first-order valence-electron chi connectivity index (χ1n) is 12.5. The number of fused-ring (bicyclic) bond motifs is 4. The van der Waals surface area contributed by atoms with Gasteiger partial charge in [-0.2, -0.15) is 0 Å². The Kier molecular flexibility index (Phi) is 4.75. The summed E-state index contributed by atoms with van der Waals surface area (Å²) in [5, 5.41) is 5.12. The Labute approximate surface area is 210 Å². The van der Waals surface area contributed by atoms with Crippen molar-refractivity contribution < 1.29 is 0 Å². The van der Waals surface area contributed by atoms with Gasteiger partial charge in [0.15, 0.2) is 0 Å². The number of aryl methyl sites for hydroxylation is 1. The normalized spacial score (nSPS) is 11.5. The van der Waals surface area contributed by atoms with Crippen LogP contribution in [-0.4, -0.2) is 4.57 Å². The van der Waals surface area contributed by atoms with Crippen LogP contribution in [0.25, 0.3) is 60.5 Å². The van der Waals surface area contributed by atoms with Crippen LogP contribution in [0.5, 0.6) is 0 Å². The predicted octanol–water partition coefficient (Wildman–Crippen LogP) is 9.58. The van der Waals surface area contributed by atoms with E-state index in [2.05, 4.69) is 145 Å². The number of hydrogen-bond acceptors (Lipinski definition) is 0. The molecule has 1 nitrogen and oxygen atoms in total. The fourth-order valence-electron chi connectivity index (χ4n) is 5.53. The van der Waals surface area contributed by atoms with Gasteiger partial charge in [-0.25, -0.2) is 0 Å². The summed E-state index contributed by atoms with van der Waals surface area (Å²) in [6.07, 6.45) is 0. The second-order valence-electron chi connectivity index (χ2n) is 9.49. The molecule has 36 heavy (non-hydrogen) atoms. The third-order valence-corrected chi connectivity index (χ3v) is 7.28. The molecule has 1 aromatic heterocycles. The fraction of sp³-hybridized carbons (Fsp3) is 0.0286. The van der Waals surface area contributed by atoms with E-state index in [-0.39, 0.29) is 0 Å². The van der Waals surface area contributed by atoms with E-state index in [1.165, 1.54) is 66.1 Å². The molecule has 1 heterocycles. The summed E-state index contributed by atoms with van der Waals surface area (Å²) >= 11 is 0. The van der Waals surface area contributed by atoms with E-state index < -0.39 is 0 Å². The minimum atomic E-state index is 1.18. The molecule has 170 valence electrons. The van der Waals surface area contributed by atoms with E-state index in [1.807, 2.05) is 0 Å². The first-order chi connectivity index (χ1) is 17.8. The number of hydrogen-bond donors (Lipinski definition) is 0. The van der Waals surface area contributed by atoms with Crippen molar-refractivity contribution in [3.63, 3.8) is 0 Å². The van der Waals surface area contributed by atoms with Crippen LogP contribution >= 0.6 is 0 Å². The molecule has 0 atom stereocenters. The highest BCUT2D eigenvalue weighted by Crippen LogP contribution is 2.39. The summed E-state index contributed by atoms with van der Waals surface area (Å²) in [5.74, 6) is 0. The molecule has 7 rings (SSSR count). The predicted molar refractivity (Wildman–Crippen MR) is 154 cm³/mol. The molecule has 6 aromatic carbocycles. The van der Waals surface area contributed by atoms with Gasteiger partial charge in [-0.15, -0.1) is 0 Å². The number of para-hydroxylation sites is 2. The summed E-state index contributed by atoms with van der Waals surface area (Å²) < 4.78 is 2.37. The number of benzene rings is 6. The molecule has 0 aliphatic carbocycles. The quantitative estimate of drug-likeness (QED) is 0.248. The topological polar surface area (TPSA) is 4.93 Å². The maximum Gasteiger partial charge on any atom is 0.0541 e. The molecular weight excluding hydrogens is 434 g/mol. The fourth-order valence-corrected chi connectivity index (χ4v) is 5.53. The first-order valence-corrected chi connectivity index (χ1v) is 12.5. The number of rotatable bonds is 3. The Morgan fingerprint density at radius 2 is 0.972 bits per heavy atom. The van der Waals surface area contributed by atoms with Crippen molar-refractivity contribution >= 4 is 32.6 Å². The molecule has 7 aromatic rings. The molecule has 0 aliphatic rings. The van der Waals surface area contributed by atoms with E-state index >= 15 is 0 Å². The molecule has 0 unspecified atom stereocenters. The van der Waals surface area contributed by atoms with Crippen molar-refractivity contribution in [1.82, 2.24) is 4.57 Å². The average Bonchev–Trinajstić information content (AvgIpc) is 3.27. The van der Waals surface area contributed by atoms with Crippen LogP contribution in [0.4, 0.5) is 0 Å². The van der Waals surface area contributed by atoms with Crippen LogP contribution in [0, 0.1) is 6.92 Å². The van der Waals surface area contributed by atoms with Crippen LogP contribution in [-0.2, 0) is 0 Å². The Morgan fingerprint density at radius 1 is 0.417 bits per heavy atom. The molecular formula is C35H25N. The lowest BCUT2D eigenvalue weighted by atomic mass is 9.91. The largest absolute Gasteiger partial charge is 0.309 e. The maximum atomic E-state index is 2.37. The van der Waals surface area contributed by atoms with Gasteiger partial charge in [0, 0.05) is 16.5 Å². The SMILES string of the molecule is Cc1ccc(-c2ccc(-c3ccc4c(c3)c3ccccc3n4-c3ccccc3)c3ccccc23)cc1. The molecule has 0 radical (unpaired) electrons. The van der Waals surface area contributed by atoms with Crippen LogP contribution in [0.2, 0.25) is 0 Å². The van der Waals surface area contributed by atoms with Gasteiger partial charge >= 0.3 is 0 Å². The summed E-state index contributed by atoms with van der Waals surface area (Å²) in [7, 11) is 0. The van der Waals surface area contributed by atoms with Gasteiger partial charge in [-0.3, -0.25) is 0 Å². The Bertz CT molecular complexity index is 1870. The number of aromatic nitrogens is 1. The summed E-state index contributed by atoms with van der Waals surface area (Å²) in [4.78, 5) is 0. The van der Waals surface area contributed by atoms with E-state index in [4.69, 9.17) is 0 Å². The molecule has 0 amide bonds. The standard InChI is InChI=1S/C35H25N/c1-24-15-17-25(18-16-24)28-20-21-29(31-12-6-5-11-30(28)31)26-19-22-35-33(23-26)32-13-7-8-14-34(32)36(35)27-9-3-2-4-10-27/h2-23H,1H3. The highest BCUT2D eigenvalue weighted by Gasteiger charge is 2.14. The zero-order valence-corrected chi connectivity index (χ0v) is 20.1. The van der Waals surface area contributed by atoms with E-state index in [9.17, 15) is 0 Å². The smallest absolute Gasteiger partial charge is 0.0541 e. The molecule has 0 N–H and O–H groups in total. The summed E-state index contributed by atoms with van der Waals surface area (Å²) in [6.45, 7) is 2.13. The van der Waals surface area contributed by atoms with Gasteiger partial charge in [-0.1, -0.05) is 109 Å². The van der Waals surface area contributed by atoms with E-state index in [0.717, 1.165) is 0 Å². The van der Waals surface area contributed by atoms with Crippen LogP contribution in [0.3, 0.4) is 0 Å². The Morgan fingerprint density at radius 3 is 1.69 bits per heavy atom. The Balaban J connectivity index is 1.47. The van der Waals surface area contributed by atoms with E-state index in [1.54, 1.807) is 0 Å². The van der Waals surface area contributed by atoms with Gasteiger partial charge in [0.1, 0.15) is 0 Å². The number of nitrogens with zero attached hydrogens (tertiary/aromatic N) is 1. The maximum absolute atomic E-state index is 2.37. The molecule has 0 aliphatic heterocycles. The van der Waals surface area contributed by atoms with Crippen LogP contribution < -0.4 is 0 Å². The molecule has 0 saturated carbocycles. The Hall–Kier alpha value is -4.62. The highest BCUT2D eigenvalue weighted by atomic mass is 15.0. The van der Waals surface area contributed by atoms with Crippen molar-refractivity contribution in [3.8, 4) is 27.9 Å². The van der Waals surface area contributed by atoms with Crippen molar-refractivity contribution in [3.05, 3.63) is 139 Å². The molecule has 0 spiro atoms. The van der Waals surface area contributed by atoms with E-state index in [0.29, 0.717) is 0 Å². The van der Waals surface area contributed by atoms with Crippen molar-refractivity contribution in [2.45, 2.75) is 6.92 Å². The molecule has 0 saturated heterocycles. The second kappa shape index (κ2) is 8.25. The van der Waals surface area contributed by atoms with Crippen LogP contribution in [0.1, 0.15) is 5.56 Å². The lowest BCUT2D eigenvalue weighted by molar-refractivity contribution is 1.18. The zero-order valence-electron chi connectivity index (χ0n) is 20.1. The van der Waals surface area contributed by atoms with Gasteiger partial charge in [-0.05, 0) is 70.3 Å². The van der Waals surface area contributed by atoms with Crippen molar-refractivity contribution in [2.75, 3.05) is 0 Å². The van der Waals surface area contributed by atoms with Gasteiger partial charge in [0.25, 0.3) is 0 Å². The minimum Gasteiger partial charge on any atom is -0.309 e.